The highest BCUT2D eigenvalue weighted by molar-refractivity contribution is 7.48. The average molecular weight is 803 g/mol. The molecule has 0 saturated carbocycles. The van der Waals surface area contributed by atoms with Crippen molar-refractivity contribution < 1.29 is 37.2 Å². The van der Waals surface area contributed by atoms with Crippen molar-refractivity contribution in [1.82, 2.24) is 5.32 Å². The largest absolute Gasteiger partial charge is 0.475 e. The van der Waals surface area contributed by atoms with Gasteiger partial charge in [-0.2, -0.15) is 0 Å². The van der Waals surface area contributed by atoms with Gasteiger partial charge in [-0.05, 0) is 25.7 Å². The second kappa shape index (κ2) is 40.9. The number of unbranched alkanes of at least 4 members (excludes halogenated alkanes) is 22. The number of esters is 1. The number of carbonyl (C=O) groups is 2. The molecule has 10 nitrogen and oxygen atoms in total. The summed E-state index contributed by atoms with van der Waals surface area (Å²) in [4.78, 5) is 25.8. The van der Waals surface area contributed by atoms with Gasteiger partial charge in [0, 0.05) is 25.8 Å². The molecule has 0 radical (unpaired) electrons. The second-order valence-corrected chi connectivity index (χ2v) is 16.9. The van der Waals surface area contributed by atoms with Crippen molar-refractivity contribution in [2.45, 2.75) is 219 Å². The van der Waals surface area contributed by atoms with Gasteiger partial charge in [0.1, 0.15) is 6.10 Å². The molecule has 55 heavy (non-hydrogen) atoms. The monoisotopic (exact) mass is 803 g/mol. The van der Waals surface area contributed by atoms with E-state index in [4.69, 9.17) is 28.8 Å². The van der Waals surface area contributed by atoms with Crippen molar-refractivity contribution in [3.63, 3.8) is 0 Å². The fourth-order valence-electron chi connectivity index (χ4n) is 6.49. The van der Waals surface area contributed by atoms with E-state index >= 15 is 0 Å². The van der Waals surface area contributed by atoms with E-state index in [2.05, 4.69) is 32.7 Å². The summed E-state index contributed by atoms with van der Waals surface area (Å²) in [6, 6.07) is -0.580. The predicted octanol–water partition coefficient (Wildman–Crippen LogP) is 12.1. The number of phosphoric ester groups is 1. The van der Waals surface area contributed by atoms with Gasteiger partial charge in [0.05, 0.1) is 39.1 Å². The lowest BCUT2D eigenvalue weighted by molar-refractivity contribution is -0.150. The van der Waals surface area contributed by atoms with Crippen LogP contribution in [0.25, 0.3) is 0 Å². The molecule has 1 unspecified atom stereocenters. The number of phosphoric acid groups is 1. The average Bonchev–Trinajstić information content (AvgIpc) is 3.18. The van der Waals surface area contributed by atoms with Crippen LogP contribution in [0.15, 0.2) is 12.7 Å². The lowest BCUT2D eigenvalue weighted by Crippen LogP contribution is -2.41. The van der Waals surface area contributed by atoms with Gasteiger partial charge in [0.15, 0.2) is 0 Å². The maximum absolute atomic E-state index is 13.2. The molecular weight excluding hydrogens is 715 g/mol. The Bertz CT molecular complexity index is 924. The lowest BCUT2D eigenvalue weighted by atomic mass is 10.1. The van der Waals surface area contributed by atoms with E-state index in [0.717, 1.165) is 51.4 Å². The molecule has 3 N–H and O–H groups in total. The minimum Gasteiger partial charge on any atom is -0.462 e. The van der Waals surface area contributed by atoms with Gasteiger partial charge in [-0.1, -0.05) is 168 Å². The van der Waals surface area contributed by atoms with Crippen molar-refractivity contribution in [3.8, 4) is 0 Å². The van der Waals surface area contributed by atoms with Crippen LogP contribution in [-0.2, 0) is 37.2 Å². The molecule has 0 saturated heterocycles. The van der Waals surface area contributed by atoms with Crippen LogP contribution >= 0.6 is 7.82 Å². The van der Waals surface area contributed by atoms with E-state index in [0.29, 0.717) is 25.9 Å². The Balaban J connectivity index is 5.01. The molecule has 326 valence electrons. The highest BCUT2D eigenvalue weighted by Crippen LogP contribution is 2.49. The van der Waals surface area contributed by atoms with Gasteiger partial charge in [-0.15, -0.1) is 6.58 Å². The van der Waals surface area contributed by atoms with Crippen molar-refractivity contribution in [1.29, 1.82) is 0 Å². The van der Waals surface area contributed by atoms with E-state index in [1.807, 2.05) is 0 Å². The summed E-state index contributed by atoms with van der Waals surface area (Å²) in [6.07, 6.45) is 33.3. The lowest BCUT2D eigenvalue weighted by Gasteiger charge is -2.23. The highest BCUT2D eigenvalue weighted by Gasteiger charge is 2.28. The zero-order valence-electron chi connectivity index (χ0n) is 36.0. The maximum atomic E-state index is 13.2. The Hall–Kier alpha value is -1.29. The van der Waals surface area contributed by atoms with E-state index in [-0.39, 0.29) is 51.0 Å². The molecule has 11 heteroatoms. The summed E-state index contributed by atoms with van der Waals surface area (Å²) in [7, 11) is -3.93. The van der Waals surface area contributed by atoms with Crippen LogP contribution in [0, 0.1) is 0 Å². The summed E-state index contributed by atoms with van der Waals surface area (Å²) in [5.74, 6) is -0.233. The molecule has 0 bridgehead atoms. The smallest absolute Gasteiger partial charge is 0.462 e. The van der Waals surface area contributed by atoms with Crippen molar-refractivity contribution in [3.05, 3.63) is 12.7 Å². The summed E-state index contributed by atoms with van der Waals surface area (Å²) in [5, 5.41) is 3.01. The zero-order chi connectivity index (χ0) is 40.5. The van der Waals surface area contributed by atoms with Crippen LogP contribution < -0.4 is 11.1 Å². The molecule has 3 atom stereocenters. The number of nitrogens with two attached hydrogens (primary N) is 1. The van der Waals surface area contributed by atoms with Crippen LogP contribution in [0.3, 0.4) is 0 Å². The highest BCUT2D eigenvalue weighted by atomic mass is 31.2. The maximum Gasteiger partial charge on any atom is 0.475 e. The normalized spacial score (nSPS) is 13.7. The molecular formula is C44H87N2O8P. The molecule has 0 heterocycles. The first kappa shape index (κ1) is 53.7. The number of rotatable bonds is 44. The first-order valence-corrected chi connectivity index (χ1v) is 24.2. The fourth-order valence-corrected chi connectivity index (χ4v) is 7.69. The van der Waals surface area contributed by atoms with Crippen molar-refractivity contribution >= 4 is 19.7 Å². The fraction of sp³-hybridized carbons (Fsp3) is 0.909. The SMILES string of the molecule is C=CCOP(=O)(OCCN)OC[C@@H](COCC[C@@H](CCCCCCC)OC(=O)CCCCCCCCCCC)NC(=O)CCCCCCCCCCCCC. The van der Waals surface area contributed by atoms with Gasteiger partial charge in [-0.25, -0.2) is 4.57 Å². The quantitative estimate of drug-likeness (QED) is 0.0267. The van der Waals surface area contributed by atoms with Crippen LogP contribution in [0.2, 0.25) is 0 Å². The molecule has 0 aromatic rings. The second-order valence-electron chi connectivity index (χ2n) is 15.3. The van der Waals surface area contributed by atoms with Crippen molar-refractivity contribution in [2.75, 3.05) is 39.6 Å². The number of hydrogen-bond acceptors (Lipinski definition) is 9. The number of carbonyl (C=O) groups excluding carboxylic acids is 2. The molecule has 0 aliphatic heterocycles. The van der Waals surface area contributed by atoms with E-state index in [1.165, 1.54) is 122 Å². The molecule has 0 aliphatic carbocycles. The number of nitrogens with one attached hydrogen (secondary N) is 1. The predicted molar refractivity (Wildman–Crippen MR) is 228 cm³/mol. The summed E-state index contributed by atoms with van der Waals surface area (Å²) in [6.45, 7) is 10.8. The number of hydrogen-bond donors (Lipinski definition) is 2. The van der Waals surface area contributed by atoms with Gasteiger partial charge >= 0.3 is 13.8 Å². The standard InChI is InChI=1S/C44H87N2O8P/c1-5-9-12-15-17-19-20-22-23-26-29-32-43(47)46-41(40-53-55(49,51-36-8-4)52-38-35-45)39-50-37-34-42(31-28-25-14-11-7-3)54-44(48)33-30-27-24-21-18-16-13-10-6-2/h8,41-42H,4-7,9-40,45H2,1-3H3,(H,46,47)/t41-,42-,55?/m1/s1. The van der Waals surface area contributed by atoms with E-state index < -0.39 is 13.9 Å². The third-order valence-corrected chi connectivity index (χ3v) is 11.3. The van der Waals surface area contributed by atoms with Crippen LogP contribution in [0.1, 0.15) is 207 Å². The molecule has 0 spiro atoms. The molecule has 0 rings (SSSR count). The Morgan fingerprint density at radius 2 is 1.11 bits per heavy atom. The van der Waals surface area contributed by atoms with Crippen LogP contribution in [0.5, 0.6) is 0 Å². The minimum atomic E-state index is -3.93. The number of ether oxygens (including phenoxy) is 2. The van der Waals surface area contributed by atoms with E-state index in [9.17, 15) is 14.2 Å². The Labute approximate surface area is 338 Å². The minimum absolute atomic E-state index is 0.00151. The van der Waals surface area contributed by atoms with Crippen molar-refractivity contribution in [2.24, 2.45) is 5.73 Å². The Morgan fingerprint density at radius 1 is 0.618 bits per heavy atom. The van der Waals surface area contributed by atoms with Gasteiger partial charge < -0.3 is 20.5 Å². The first-order chi connectivity index (χ1) is 26.8. The van der Waals surface area contributed by atoms with Gasteiger partial charge in [-0.3, -0.25) is 23.2 Å². The number of amides is 1. The first-order valence-electron chi connectivity index (χ1n) is 22.7. The van der Waals surface area contributed by atoms with Crippen LogP contribution in [0.4, 0.5) is 0 Å². The summed E-state index contributed by atoms with van der Waals surface area (Å²) in [5.41, 5.74) is 5.56. The van der Waals surface area contributed by atoms with E-state index in [1.54, 1.807) is 0 Å². The Kier molecular flexibility index (Phi) is 39.9. The molecule has 0 fully saturated rings. The third-order valence-electron chi connectivity index (χ3n) is 9.84. The zero-order valence-corrected chi connectivity index (χ0v) is 36.9. The van der Waals surface area contributed by atoms with Crippen LogP contribution in [-0.4, -0.2) is 63.6 Å². The molecule has 0 aromatic heterocycles. The molecule has 1 amide bonds. The van der Waals surface area contributed by atoms with Gasteiger partial charge in [0.25, 0.3) is 0 Å². The molecule has 0 aliphatic rings. The summed E-state index contributed by atoms with van der Waals surface area (Å²) < 4.78 is 41.6. The summed E-state index contributed by atoms with van der Waals surface area (Å²) >= 11 is 0. The third kappa shape index (κ3) is 36.8. The Morgan fingerprint density at radius 3 is 1.62 bits per heavy atom. The van der Waals surface area contributed by atoms with Gasteiger partial charge in [0.2, 0.25) is 5.91 Å². The topological polar surface area (TPSA) is 135 Å². The molecule has 0 aromatic carbocycles.